The molecule has 0 atom stereocenters. The first-order valence-electron chi connectivity index (χ1n) is 9.96. The van der Waals surface area contributed by atoms with Crippen LogP contribution in [-0.4, -0.2) is 44.6 Å². The van der Waals surface area contributed by atoms with E-state index in [0.717, 1.165) is 30.6 Å². The lowest BCUT2D eigenvalue weighted by atomic mass is 9.77. The maximum Gasteiger partial charge on any atom is 0.325 e. The van der Waals surface area contributed by atoms with Crippen molar-refractivity contribution in [3.63, 3.8) is 0 Å². The summed E-state index contributed by atoms with van der Waals surface area (Å²) in [5, 5.41) is 10.0. The van der Waals surface area contributed by atoms with Gasteiger partial charge in [0.25, 0.3) is 5.91 Å². The fraction of sp³-hybridized carbons (Fsp3) is 0.684. The van der Waals surface area contributed by atoms with Crippen molar-refractivity contribution in [3.05, 3.63) is 12.3 Å². The summed E-state index contributed by atoms with van der Waals surface area (Å²) in [5.41, 5.74) is -0.810. The predicted octanol–water partition coefficient (Wildman–Crippen LogP) is 2.44. The number of urea groups is 1. The molecule has 2 aliphatic carbocycles. The van der Waals surface area contributed by atoms with E-state index in [-0.39, 0.29) is 18.4 Å². The van der Waals surface area contributed by atoms with E-state index < -0.39 is 11.6 Å². The van der Waals surface area contributed by atoms with Crippen molar-refractivity contribution >= 4 is 23.7 Å². The highest BCUT2D eigenvalue weighted by Crippen LogP contribution is 2.36. The van der Waals surface area contributed by atoms with Gasteiger partial charge < -0.3 is 10.6 Å². The van der Waals surface area contributed by atoms with E-state index in [1.807, 2.05) is 4.68 Å². The van der Waals surface area contributed by atoms with Crippen LogP contribution in [0.5, 0.6) is 0 Å². The van der Waals surface area contributed by atoms with Gasteiger partial charge in [-0.25, -0.2) is 9.48 Å². The van der Waals surface area contributed by atoms with Gasteiger partial charge in [-0.15, -0.1) is 0 Å². The average Bonchev–Trinajstić information content (AvgIpc) is 3.36. The number of carbonyl (C=O) groups excluding carboxylic acids is 3. The molecule has 1 spiro atoms. The number of hydrogen-bond acceptors (Lipinski definition) is 4. The smallest absolute Gasteiger partial charge is 0.323 e. The third kappa shape index (κ3) is 3.33. The Bertz CT molecular complexity index is 744. The maximum absolute atomic E-state index is 12.9. The molecule has 4 amide bonds. The van der Waals surface area contributed by atoms with E-state index in [4.69, 9.17) is 0 Å². The van der Waals surface area contributed by atoms with E-state index in [2.05, 4.69) is 22.7 Å². The van der Waals surface area contributed by atoms with Crippen LogP contribution in [0.4, 0.5) is 10.6 Å². The molecular weight excluding hydrogens is 346 g/mol. The highest BCUT2D eigenvalue weighted by molar-refractivity contribution is 6.10. The molecule has 2 saturated carbocycles. The van der Waals surface area contributed by atoms with E-state index in [9.17, 15) is 14.4 Å². The van der Waals surface area contributed by atoms with Crippen LogP contribution < -0.4 is 10.6 Å². The van der Waals surface area contributed by atoms with Crippen molar-refractivity contribution in [2.75, 3.05) is 11.9 Å². The molecule has 0 aromatic carbocycles. The summed E-state index contributed by atoms with van der Waals surface area (Å²) in [6.07, 6.45) is 9.22. The van der Waals surface area contributed by atoms with Crippen molar-refractivity contribution in [2.45, 2.75) is 69.9 Å². The summed E-state index contributed by atoms with van der Waals surface area (Å²) < 4.78 is 1.85. The number of imide groups is 1. The molecule has 0 radical (unpaired) electrons. The summed E-state index contributed by atoms with van der Waals surface area (Å²) in [7, 11) is 0. The minimum Gasteiger partial charge on any atom is -0.323 e. The van der Waals surface area contributed by atoms with Gasteiger partial charge >= 0.3 is 6.03 Å². The molecule has 146 valence electrons. The van der Waals surface area contributed by atoms with Gasteiger partial charge in [-0.1, -0.05) is 19.8 Å². The minimum absolute atomic E-state index is 0.265. The number of hydrogen-bond donors (Lipinski definition) is 2. The molecule has 8 nitrogen and oxygen atoms in total. The molecule has 2 N–H and O–H groups in total. The van der Waals surface area contributed by atoms with Gasteiger partial charge in [-0.05, 0) is 44.4 Å². The molecule has 27 heavy (non-hydrogen) atoms. The topological polar surface area (TPSA) is 96.3 Å². The monoisotopic (exact) mass is 373 g/mol. The van der Waals surface area contributed by atoms with E-state index >= 15 is 0 Å². The van der Waals surface area contributed by atoms with Crippen LogP contribution in [0, 0.1) is 5.92 Å². The Morgan fingerprint density at radius 3 is 2.67 bits per heavy atom. The lowest BCUT2D eigenvalue weighted by Gasteiger charge is -2.33. The van der Waals surface area contributed by atoms with E-state index in [0.29, 0.717) is 30.6 Å². The van der Waals surface area contributed by atoms with Crippen molar-refractivity contribution in [3.8, 4) is 0 Å². The molecule has 4 rings (SSSR count). The number of rotatable bonds is 4. The van der Waals surface area contributed by atoms with E-state index in [1.54, 1.807) is 12.3 Å². The zero-order valence-corrected chi connectivity index (χ0v) is 15.7. The largest absolute Gasteiger partial charge is 0.325 e. The third-order valence-corrected chi connectivity index (χ3v) is 6.28. The lowest BCUT2D eigenvalue weighted by molar-refractivity contribution is -0.135. The van der Waals surface area contributed by atoms with Crippen LogP contribution in [-0.2, 0) is 9.59 Å². The van der Waals surface area contributed by atoms with Gasteiger partial charge in [0.1, 0.15) is 17.9 Å². The van der Waals surface area contributed by atoms with Gasteiger partial charge in [0, 0.05) is 6.07 Å². The first-order valence-corrected chi connectivity index (χ1v) is 9.96. The average molecular weight is 373 g/mol. The fourth-order valence-corrected chi connectivity index (χ4v) is 4.59. The molecule has 0 bridgehead atoms. The van der Waals surface area contributed by atoms with Crippen molar-refractivity contribution in [1.82, 2.24) is 20.0 Å². The zero-order valence-electron chi connectivity index (χ0n) is 15.7. The van der Waals surface area contributed by atoms with Crippen molar-refractivity contribution in [1.29, 1.82) is 0 Å². The lowest BCUT2D eigenvalue weighted by Crippen LogP contribution is -2.49. The van der Waals surface area contributed by atoms with Gasteiger partial charge in [0.2, 0.25) is 5.91 Å². The van der Waals surface area contributed by atoms with E-state index in [1.165, 1.54) is 12.8 Å². The Balaban J connectivity index is 1.41. The molecule has 0 unspecified atom stereocenters. The molecule has 1 aliphatic heterocycles. The summed E-state index contributed by atoms with van der Waals surface area (Å²) >= 11 is 0. The first kappa shape index (κ1) is 18.0. The second-order valence-electron chi connectivity index (χ2n) is 8.23. The van der Waals surface area contributed by atoms with Gasteiger partial charge in [-0.2, -0.15) is 5.10 Å². The maximum atomic E-state index is 12.9. The second-order valence-corrected chi connectivity index (χ2v) is 8.23. The third-order valence-electron chi connectivity index (χ3n) is 6.28. The summed E-state index contributed by atoms with van der Waals surface area (Å²) in [6.45, 7) is 1.89. The minimum atomic E-state index is -0.810. The molecule has 1 saturated heterocycles. The summed E-state index contributed by atoms with van der Waals surface area (Å²) in [5.74, 6) is 0.548. The van der Waals surface area contributed by atoms with Crippen LogP contribution in [0.1, 0.15) is 64.3 Å². The molecule has 3 aliphatic rings. The highest BCUT2D eigenvalue weighted by Gasteiger charge is 2.52. The Labute approximate surface area is 158 Å². The molecule has 2 heterocycles. The van der Waals surface area contributed by atoms with Gasteiger partial charge in [0.05, 0.1) is 12.2 Å². The zero-order chi connectivity index (χ0) is 19.0. The van der Waals surface area contributed by atoms with Gasteiger partial charge in [0.15, 0.2) is 0 Å². The first-order chi connectivity index (χ1) is 13.0. The molecule has 1 aromatic rings. The predicted molar refractivity (Wildman–Crippen MR) is 99.0 cm³/mol. The molecule has 8 heteroatoms. The number of carbonyl (C=O) groups is 3. The molecule has 3 fully saturated rings. The molecular formula is C19H27N5O3. The summed E-state index contributed by atoms with van der Waals surface area (Å²) in [6, 6.07) is 1.60. The fourth-order valence-electron chi connectivity index (χ4n) is 4.59. The Morgan fingerprint density at radius 1 is 1.26 bits per heavy atom. The number of aromatic nitrogens is 2. The summed E-state index contributed by atoms with van der Waals surface area (Å²) in [4.78, 5) is 38.8. The SMILES string of the molecule is CC1CCC2(CC1)NC(=O)N(CC(=O)Nc1ccnn1C1CCCC1)C2=O. The normalized spacial score (nSPS) is 28.8. The van der Waals surface area contributed by atoms with Gasteiger partial charge in [-0.3, -0.25) is 14.5 Å². The molecule has 1 aromatic heterocycles. The van der Waals surface area contributed by atoms with Crippen molar-refractivity contribution in [2.24, 2.45) is 5.92 Å². The quantitative estimate of drug-likeness (QED) is 0.792. The van der Waals surface area contributed by atoms with Crippen LogP contribution >= 0.6 is 0 Å². The number of nitrogens with zero attached hydrogens (tertiary/aromatic N) is 3. The Kier molecular flexibility index (Phi) is 4.65. The Morgan fingerprint density at radius 2 is 1.96 bits per heavy atom. The van der Waals surface area contributed by atoms with Crippen LogP contribution in [0.15, 0.2) is 12.3 Å². The Hall–Kier alpha value is -2.38. The number of anilines is 1. The number of amides is 4. The van der Waals surface area contributed by atoms with Crippen LogP contribution in [0.2, 0.25) is 0 Å². The van der Waals surface area contributed by atoms with Crippen LogP contribution in [0.25, 0.3) is 0 Å². The standard InChI is InChI=1S/C19H27N5O3/c1-13-6-9-19(10-7-13)17(26)23(18(27)22-19)12-16(25)21-15-8-11-20-24(15)14-4-2-3-5-14/h8,11,13-14H,2-7,9-10,12H2,1H3,(H,21,25)(H,22,27). The van der Waals surface area contributed by atoms with Crippen molar-refractivity contribution < 1.29 is 14.4 Å². The van der Waals surface area contributed by atoms with Crippen LogP contribution in [0.3, 0.4) is 0 Å². The second kappa shape index (κ2) is 6.98. The highest BCUT2D eigenvalue weighted by atomic mass is 16.2. The number of nitrogens with one attached hydrogen (secondary N) is 2.